The van der Waals surface area contributed by atoms with E-state index in [0.29, 0.717) is 17.3 Å². The van der Waals surface area contributed by atoms with Gasteiger partial charge in [-0.1, -0.05) is 148 Å². The Hall–Kier alpha value is -1.18. The van der Waals surface area contributed by atoms with E-state index in [1.165, 1.54) is 128 Å². The van der Waals surface area contributed by atoms with Crippen LogP contribution in [0.4, 0.5) is 0 Å². The fourth-order valence-electron chi connectivity index (χ4n) is 5.62. The summed E-state index contributed by atoms with van der Waals surface area (Å²) in [6, 6.07) is -0.571. The Morgan fingerprint density at radius 2 is 0.977 bits per heavy atom. The molecule has 0 saturated carbocycles. The number of aliphatic carboxylic acids is 1. The summed E-state index contributed by atoms with van der Waals surface area (Å²) in [6.45, 7) is 2.46. The Morgan fingerprint density at radius 1 is 0.605 bits per heavy atom. The minimum absolute atomic E-state index is 0.0240. The van der Waals surface area contributed by atoms with Gasteiger partial charge in [0, 0.05) is 12.8 Å². The molecule has 0 aliphatic heterocycles. The molecule has 0 fully saturated rings. The van der Waals surface area contributed by atoms with E-state index in [1.54, 1.807) is 0 Å². The van der Waals surface area contributed by atoms with Crippen molar-refractivity contribution in [3.05, 3.63) is 0 Å². The molecule has 0 radical (unpaired) electrons. The van der Waals surface area contributed by atoms with Gasteiger partial charge in [0.25, 0.3) is 0 Å². The largest absolute Gasteiger partial charge is 0.477 e. The van der Waals surface area contributed by atoms with Crippen LogP contribution < -0.4 is 0 Å². The van der Waals surface area contributed by atoms with Gasteiger partial charge in [-0.2, -0.15) is 0 Å². The maximum Gasteiger partial charge on any atom is 0.362 e. The maximum atomic E-state index is 11.9. The topological polar surface area (TPSA) is 93.1 Å². The van der Waals surface area contributed by atoms with Crippen LogP contribution in [-0.4, -0.2) is 79.7 Å². The van der Waals surface area contributed by atoms with E-state index in [1.807, 2.05) is 21.1 Å². The minimum atomic E-state index is -0.897. The molecule has 0 bridgehead atoms. The van der Waals surface area contributed by atoms with Crippen molar-refractivity contribution in [2.45, 2.75) is 180 Å². The van der Waals surface area contributed by atoms with Crippen LogP contribution in [0.15, 0.2) is 0 Å². The van der Waals surface area contributed by atoms with Crippen molar-refractivity contribution in [1.29, 1.82) is 0 Å². The zero-order chi connectivity index (χ0) is 32.0. The Balaban J connectivity index is 3.37. The summed E-state index contributed by atoms with van der Waals surface area (Å²) < 4.78 is 10.9. The molecule has 7 nitrogen and oxygen atoms in total. The van der Waals surface area contributed by atoms with Gasteiger partial charge in [0.15, 0.2) is 6.04 Å². The average molecular weight is 615 g/mol. The van der Waals surface area contributed by atoms with Gasteiger partial charge in [-0.3, -0.25) is 4.79 Å². The van der Waals surface area contributed by atoms with Gasteiger partial charge >= 0.3 is 11.9 Å². The number of aliphatic hydroxyl groups is 1. The zero-order valence-corrected chi connectivity index (χ0v) is 28.9. The number of carboxylic acid groups (broad SMARTS) is 1. The molecular formula is C36H72NO6+. The van der Waals surface area contributed by atoms with Gasteiger partial charge in [0.1, 0.15) is 12.7 Å². The first-order chi connectivity index (χ1) is 20.7. The lowest BCUT2D eigenvalue weighted by atomic mass is 10.0. The quantitative estimate of drug-likeness (QED) is 0.0436. The van der Waals surface area contributed by atoms with Gasteiger partial charge in [0.2, 0.25) is 0 Å². The first-order valence-corrected chi connectivity index (χ1v) is 18.1. The number of rotatable bonds is 33. The average Bonchev–Trinajstić information content (AvgIpc) is 2.95. The van der Waals surface area contributed by atoms with Crippen molar-refractivity contribution in [1.82, 2.24) is 0 Å². The highest BCUT2D eigenvalue weighted by Crippen LogP contribution is 2.16. The predicted octanol–water partition coefficient (Wildman–Crippen LogP) is 8.84. The standard InChI is InChI=1S/C36H71NO6/c1-5-6-7-8-9-10-11-12-13-14-15-16-17-18-19-20-21-22-23-24-25-26-27-28-35(39)43-32-33(38)31-42-30-29-34(36(40)41)37(2,3)4/h33-34,38H,5-32H2,1-4H3/p+1. The number of carbonyl (C=O) groups excluding carboxylic acids is 1. The number of aliphatic hydroxyl groups excluding tert-OH is 1. The van der Waals surface area contributed by atoms with E-state index < -0.39 is 18.1 Å². The van der Waals surface area contributed by atoms with E-state index in [0.717, 1.165) is 19.3 Å². The van der Waals surface area contributed by atoms with Crippen molar-refractivity contribution in [3.63, 3.8) is 0 Å². The summed E-state index contributed by atoms with van der Waals surface area (Å²) >= 11 is 0. The van der Waals surface area contributed by atoms with Gasteiger partial charge in [0.05, 0.1) is 34.4 Å². The normalized spacial score (nSPS) is 13.2. The van der Waals surface area contributed by atoms with Crippen molar-refractivity contribution in [3.8, 4) is 0 Å². The second kappa shape index (κ2) is 29.5. The van der Waals surface area contributed by atoms with E-state index in [2.05, 4.69) is 6.92 Å². The van der Waals surface area contributed by atoms with Gasteiger partial charge in [-0.15, -0.1) is 0 Å². The molecule has 43 heavy (non-hydrogen) atoms. The molecule has 256 valence electrons. The Kier molecular flexibility index (Phi) is 28.7. The molecule has 0 spiro atoms. The molecule has 0 amide bonds. The number of quaternary nitrogens is 1. The van der Waals surface area contributed by atoms with Crippen LogP contribution in [0.3, 0.4) is 0 Å². The summed E-state index contributed by atoms with van der Waals surface area (Å²) in [5.74, 6) is -1.14. The monoisotopic (exact) mass is 615 g/mol. The zero-order valence-electron chi connectivity index (χ0n) is 28.9. The molecule has 2 N–H and O–H groups in total. The van der Waals surface area contributed by atoms with Crippen LogP contribution in [0, 0.1) is 0 Å². The summed E-state index contributed by atoms with van der Waals surface area (Å²) in [5, 5.41) is 19.3. The SMILES string of the molecule is CCCCCCCCCCCCCCCCCCCCCCCCCC(=O)OCC(O)COCCC(C(=O)O)[N+](C)(C)C. The summed E-state index contributed by atoms with van der Waals surface area (Å²) in [5.41, 5.74) is 0. The lowest BCUT2D eigenvalue weighted by molar-refractivity contribution is -0.887. The Morgan fingerprint density at radius 3 is 1.33 bits per heavy atom. The lowest BCUT2D eigenvalue weighted by Gasteiger charge is -2.31. The molecule has 0 aromatic rings. The lowest BCUT2D eigenvalue weighted by Crippen LogP contribution is -2.50. The highest BCUT2D eigenvalue weighted by molar-refractivity contribution is 5.72. The number of carbonyl (C=O) groups is 2. The molecule has 2 atom stereocenters. The molecule has 0 aliphatic carbocycles. The van der Waals surface area contributed by atoms with Gasteiger partial charge in [-0.25, -0.2) is 4.79 Å². The van der Waals surface area contributed by atoms with Crippen LogP contribution in [0.5, 0.6) is 0 Å². The van der Waals surface area contributed by atoms with E-state index in [-0.39, 0.29) is 25.8 Å². The van der Waals surface area contributed by atoms with Crippen LogP contribution in [0.25, 0.3) is 0 Å². The summed E-state index contributed by atoms with van der Waals surface area (Å²) in [7, 11) is 5.49. The summed E-state index contributed by atoms with van der Waals surface area (Å²) in [6.07, 6.45) is 30.8. The van der Waals surface area contributed by atoms with Crippen LogP contribution in [0.2, 0.25) is 0 Å². The van der Waals surface area contributed by atoms with E-state index in [9.17, 15) is 19.8 Å². The number of ether oxygens (including phenoxy) is 2. The molecule has 0 saturated heterocycles. The Labute approximate surface area is 266 Å². The maximum absolute atomic E-state index is 11.9. The van der Waals surface area contributed by atoms with E-state index in [4.69, 9.17) is 9.47 Å². The third kappa shape index (κ3) is 29.3. The fraction of sp³-hybridized carbons (Fsp3) is 0.944. The highest BCUT2D eigenvalue weighted by Gasteiger charge is 2.30. The van der Waals surface area contributed by atoms with Crippen molar-refractivity contribution >= 4 is 11.9 Å². The number of hydrogen-bond donors (Lipinski definition) is 2. The molecule has 7 heteroatoms. The second-order valence-electron chi connectivity index (χ2n) is 13.7. The van der Waals surface area contributed by atoms with E-state index >= 15 is 0 Å². The molecule has 0 heterocycles. The first kappa shape index (κ1) is 41.8. The minimum Gasteiger partial charge on any atom is -0.477 e. The number of hydrogen-bond acceptors (Lipinski definition) is 5. The van der Waals surface area contributed by atoms with Gasteiger partial charge < -0.3 is 24.2 Å². The van der Waals surface area contributed by atoms with Crippen LogP contribution >= 0.6 is 0 Å². The molecule has 0 aliphatic rings. The third-order valence-electron chi connectivity index (χ3n) is 8.49. The number of likely N-dealkylation sites (N-methyl/N-ethyl adjacent to an activating group) is 1. The predicted molar refractivity (Wildman–Crippen MR) is 178 cm³/mol. The highest BCUT2D eigenvalue weighted by atomic mass is 16.5. The van der Waals surface area contributed by atoms with Crippen molar-refractivity contribution in [2.75, 3.05) is 41.0 Å². The van der Waals surface area contributed by atoms with Gasteiger partial charge in [-0.05, 0) is 6.42 Å². The van der Waals surface area contributed by atoms with Crippen LogP contribution in [-0.2, 0) is 19.1 Å². The number of esters is 1. The number of carboxylic acids is 1. The second-order valence-corrected chi connectivity index (χ2v) is 13.7. The number of nitrogens with zero attached hydrogens (tertiary/aromatic N) is 1. The fourth-order valence-corrected chi connectivity index (χ4v) is 5.62. The number of unbranched alkanes of at least 4 members (excludes halogenated alkanes) is 22. The van der Waals surface area contributed by atoms with Crippen molar-refractivity contribution in [2.24, 2.45) is 0 Å². The van der Waals surface area contributed by atoms with Crippen molar-refractivity contribution < 1.29 is 33.8 Å². The molecule has 2 unspecified atom stereocenters. The molecule has 0 aromatic heterocycles. The summed E-state index contributed by atoms with van der Waals surface area (Å²) in [4.78, 5) is 23.3. The first-order valence-electron chi connectivity index (χ1n) is 18.1. The smallest absolute Gasteiger partial charge is 0.362 e. The Bertz CT molecular complexity index is 636. The van der Waals surface area contributed by atoms with Crippen LogP contribution in [0.1, 0.15) is 167 Å². The third-order valence-corrected chi connectivity index (χ3v) is 8.49. The molecular weight excluding hydrogens is 542 g/mol. The molecule has 0 rings (SSSR count). The molecule has 0 aromatic carbocycles.